The molecule has 0 saturated heterocycles. The van der Waals surface area contributed by atoms with Gasteiger partial charge in [-0.25, -0.2) is 9.50 Å². The summed E-state index contributed by atoms with van der Waals surface area (Å²) in [6.45, 7) is -0.0282. The Labute approximate surface area is 138 Å². The fourth-order valence-corrected chi connectivity index (χ4v) is 2.10. The maximum absolute atomic E-state index is 12.1. The standard InChI is InChI=1S/C14H10N8O3/c23-12-8(3-1-4-15-12)10-18-9(25-21-10)7-17-13(24)11-19-14-16-5-2-6-22(14)20-11/h1-6H,7H2,(H,15,23)(H,17,24). The molecule has 0 bridgehead atoms. The summed E-state index contributed by atoms with van der Waals surface area (Å²) >= 11 is 0. The average Bonchev–Trinajstić information content (AvgIpc) is 3.27. The van der Waals surface area contributed by atoms with Gasteiger partial charge in [0.25, 0.3) is 17.2 Å². The summed E-state index contributed by atoms with van der Waals surface area (Å²) in [6, 6.07) is 4.89. The van der Waals surface area contributed by atoms with Crippen molar-refractivity contribution < 1.29 is 9.32 Å². The third-order valence-corrected chi connectivity index (χ3v) is 3.25. The van der Waals surface area contributed by atoms with Gasteiger partial charge in [-0.2, -0.15) is 9.97 Å². The number of rotatable bonds is 4. The SMILES string of the molecule is O=C(NCc1nc(-c2ccc[nH]c2=O)no1)c1nc2ncccn2n1. The lowest BCUT2D eigenvalue weighted by Crippen LogP contribution is -2.24. The number of amides is 1. The first-order valence-corrected chi connectivity index (χ1v) is 7.17. The zero-order valence-corrected chi connectivity index (χ0v) is 12.6. The Morgan fingerprint density at radius 1 is 1.32 bits per heavy atom. The molecule has 0 aromatic carbocycles. The zero-order chi connectivity index (χ0) is 17.2. The van der Waals surface area contributed by atoms with Crippen LogP contribution in [0, 0.1) is 0 Å². The maximum atomic E-state index is 12.1. The van der Waals surface area contributed by atoms with Gasteiger partial charge in [0, 0.05) is 18.6 Å². The molecule has 0 aliphatic heterocycles. The topological polar surface area (TPSA) is 144 Å². The number of fused-ring (bicyclic) bond motifs is 1. The first kappa shape index (κ1) is 14.7. The predicted molar refractivity (Wildman–Crippen MR) is 82.3 cm³/mol. The normalized spacial score (nSPS) is 10.9. The zero-order valence-electron chi connectivity index (χ0n) is 12.6. The van der Waals surface area contributed by atoms with Crippen molar-refractivity contribution in [1.29, 1.82) is 0 Å². The number of pyridine rings is 1. The number of hydrogen-bond donors (Lipinski definition) is 2. The summed E-state index contributed by atoms with van der Waals surface area (Å²) < 4.78 is 6.42. The van der Waals surface area contributed by atoms with Gasteiger partial charge in [-0.3, -0.25) is 9.59 Å². The fourth-order valence-electron chi connectivity index (χ4n) is 2.10. The maximum Gasteiger partial charge on any atom is 0.291 e. The van der Waals surface area contributed by atoms with Crippen molar-refractivity contribution in [3.05, 3.63) is 58.9 Å². The molecule has 0 fully saturated rings. The van der Waals surface area contributed by atoms with Gasteiger partial charge in [-0.05, 0) is 18.2 Å². The number of carbonyl (C=O) groups is 1. The van der Waals surface area contributed by atoms with E-state index in [-0.39, 0.29) is 35.2 Å². The highest BCUT2D eigenvalue weighted by molar-refractivity contribution is 5.90. The molecule has 4 rings (SSSR count). The highest BCUT2D eigenvalue weighted by Crippen LogP contribution is 2.10. The van der Waals surface area contributed by atoms with Crippen LogP contribution in [-0.2, 0) is 6.54 Å². The van der Waals surface area contributed by atoms with E-state index in [4.69, 9.17) is 4.52 Å². The van der Waals surface area contributed by atoms with Crippen LogP contribution >= 0.6 is 0 Å². The second-order valence-electron chi connectivity index (χ2n) is 4.91. The van der Waals surface area contributed by atoms with E-state index >= 15 is 0 Å². The molecule has 0 saturated carbocycles. The Balaban J connectivity index is 1.47. The van der Waals surface area contributed by atoms with Crippen LogP contribution in [0.4, 0.5) is 0 Å². The molecule has 124 valence electrons. The van der Waals surface area contributed by atoms with Crippen LogP contribution in [0.2, 0.25) is 0 Å². The molecule has 0 aliphatic carbocycles. The van der Waals surface area contributed by atoms with Crippen LogP contribution in [0.3, 0.4) is 0 Å². The minimum absolute atomic E-state index is 0.0282. The molecule has 25 heavy (non-hydrogen) atoms. The minimum Gasteiger partial charge on any atom is -0.340 e. The quantitative estimate of drug-likeness (QED) is 0.520. The molecule has 4 heterocycles. The molecule has 4 aromatic heterocycles. The number of nitrogens with one attached hydrogen (secondary N) is 2. The highest BCUT2D eigenvalue weighted by Gasteiger charge is 2.16. The number of nitrogens with zero attached hydrogens (tertiary/aromatic N) is 6. The first-order chi connectivity index (χ1) is 12.2. The van der Waals surface area contributed by atoms with Gasteiger partial charge in [0.1, 0.15) is 0 Å². The van der Waals surface area contributed by atoms with Crippen LogP contribution in [0.5, 0.6) is 0 Å². The van der Waals surface area contributed by atoms with Gasteiger partial charge >= 0.3 is 0 Å². The molecule has 0 spiro atoms. The Bertz CT molecular complexity index is 1080. The molecule has 0 unspecified atom stereocenters. The van der Waals surface area contributed by atoms with Gasteiger partial charge in [0.2, 0.25) is 17.5 Å². The Morgan fingerprint density at radius 3 is 3.08 bits per heavy atom. The van der Waals surface area contributed by atoms with E-state index in [1.54, 1.807) is 30.6 Å². The van der Waals surface area contributed by atoms with Crippen LogP contribution in [0.25, 0.3) is 17.2 Å². The number of H-pyrrole nitrogens is 1. The summed E-state index contributed by atoms with van der Waals surface area (Å²) in [4.78, 5) is 38.4. The van der Waals surface area contributed by atoms with E-state index in [2.05, 4.69) is 35.5 Å². The van der Waals surface area contributed by atoms with Crippen molar-refractivity contribution in [3.8, 4) is 11.4 Å². The lowest BCUT2D eigenvalue weighted by Gasteiger charge is -1.96. The molecule has 2 N–H and O–H groups in total. The third-order valence-electron chi connectivity index (χ3n) is 3.25. The van der Waals surface area contributed by atoms with Crippen LogP contribution in [-0.4, -0.2) is 40.6 Å². The van der Waals surface area contributed by atoms with Gasteiger partial charge in [-0.1, -0.05) is 5.16 Å². The van der Waals surface area contributed by atoms with E-state index in [0.717, 1.165) is 0 Å². The second kappa shape index (κ2) is 5.96. The lowest BCUT2D eigenvalue weighted by atomic mass is 10.3. The van der Waals surface area contributed by atoms with Crippen molar-refractivity contribution in [2.24, 2.45) is 0 Å². The number of hydrogen-bond acceptors (Lipinski definition) is 8. The van der Waals surface area contributed by atoms with Crippen molar-refractivity contribution in [2.75, 3.05) is 0 Å². The van der Waals surface area contributed by atoms with E-state index in [1.165, 1.54) is 10.7 Å². The van der Waals surface area contributed by atoms with Crippen molar-refractivity contribution in [3.63, 3.8) is 0 Å². The largest absolute Gasteiger partial charge is 0.340 e. The lowest BCUT2D eigenvalue weighted by molar-refractivity contribution is 0.0936. The summed E-state index contributed by atoms with van der Waals surface area (Å²) in [5.41, 5.74) is -0.0581. The molecular weight excluding hydrogens is 328 g/mol. The molecule has 0 aliphatic rings. The minimum atomic E-state index is -0.511. The summed E-state index contributed by atoms with van der Waals surface area (Å²) in [5.74, 6) is 0.0615. The first-order valence-electron chi connectivity index (χ1n) is 7.17. The van der Waals surface area contributed by atoms with Crippen LogP contribution < -0.4 is 10.9 Å². The number of aromatic amines is 1. The Hall–Kier alpha value is -3.89. The summed E-state index contributed by atoms with van der Waals surface area (Å²) in [6.07, 6.45) is 4.69. The molecule has 0 atom stereocenters. The summed E-state index contributed by atoms with van der Waals surface area (Å²) in [7, 11) is 0. The van der Waals surface area contributed by atoms with Crippen LogP contribution in [0.1, 0.15) is 16.5 Å². The highest BCUT2D eigenvalue weighted by atomic mass is 16.5. The number of aromatic nitrogens is 7. The molecule has 4 aromatic rings. The third kappa shape index (κ3) is 2.85. The average molecular weight is 338 g/mol. The molecule has 11 heteroatoms. The van der Waals surface area contributed by atoms with Gasteiger partial charge in [0.15, 0.2) is 0 Å². The second-order valence-corrected chi connectivity index (χ2v) is 4.91. The Morgan fingerprint density at radius 2 is 2.24 bits per heavy atom. The molecule has 11 nitrogen and oxygen atoms in total. The van der Waals surface area contributed by atoms with E-state index in [0.29, 0.717) is 5.78 Å². The van der Waals surface area contributed by atoms with Crippen molar-refractivity contribution in [2.45, 2.75) is 6.54 Å². The van der Waals surface area contributed by atoms with Crippen molar-refractivity contribution in [1.82, 2.24) is 40.0 Å². The van der Waals surface area contributed by atoms with Gasteiger partial charge in [0.05, 0.1) is 12.1 Å². The smallest absolute Gasteiger partial charge is 0.291 e. The summed E-state index contributed by atoms with van der Waals surface area (Å²) in [5, 5.41) is 10.3. The monoisotopic (exact) mass is 338 g/mol. The molecule has 1 amide bonds. The molecular formula is C14H10N8O3. The van der Waals surface area contributed by atoms with E-state index in [1.807, 2.05) is 0 Å². The van der Waals surface area contributed by atoms with Gasteiger partial charge in [-0.15, -0.1) is 5.10 Å². The van der Waals surface area contributed by atoms with Gasteiger partial charge < -0.3 is 14.8 Å². The van der Waals surface area contributed by atoms with E-state index < -0.39 is 5.91 Å². The molecule has 0 radical (unpaired) electrons. The number of carbonyl (C=O) groups excluding carboxylic acids is 1. The Kier molecular flexibility index (Phi) is 3.50. The van der Waals surface area contributed by atoms with Crippen molar-refractivity contribution >= 4 is 11.7 Å². The van der Waals surface area contributed by atoms with Crippen LogP contribution in [0.15, 0.2) is 46.1 Å². The van der Waals surface area contributed by atoms with E-state index in [9.17, 15) is 9.59 Å². The predicted octanol–water partition coefficient (Wildman–Crippen LogP) is -0.207. The fraction of sp³-hybridized carbons (Fsp3) is 0.0714.